The Morgan fingerprint density at radius 3 is 2.31 bits per heavy atom. The van der Waals surface area contributed by atoms with E-state index in [-0.39, 0.29) is 24.2 Å². The molecule has 0 bridgehead atoms. The lowest BCUT2D eigenvalue weighted by molar-refractivity contribution is -0.139. The average molecular weight is 508 g/mol. The van der Waals surface area contributed by atoms with Gasteiger partial charge in [0.15, 0.2) is 11.6 Å². The van der Waals surface area contributed by atoms with Gasteiger partial charge in [-0.2, -0.15) is 0 Å². The van der Waals surface area contributed by atoms with E-state index in [0.717, 1.165) is 60.0 Å². The minimum atomic E-state index is -4.01. The molecule has 0 saturated heterocycles. The number of hydrogen-bond acceptors (Lipinski definition) is 4. The second-order valence-electron chi connectivity index (χ2n) is 8.86. The minimum Gasteiger partial charge on any atom is -0.352 e. The molecule has 190 valence electrons. The molecule has 1 aliphatic rings. The van der Waals surface area contributed by atoms with Crippen molar-refractivity contribution in [3.05, 3.63) is 65.7 Å². The van der Waals surface area contributed by atoms with Gasteiger partial charge in [-0.05, 0) is 43.9 Å². The van der Waals surface area contributed by atoms with E-state index in [1.54, 1.807) is 6.92 Å². The number of nitrogens with one attached hydrogen (secondary N) is 1. The number of nitrogens with zero attached hydrogens (tertiary/aromatic N) is 2. The molecule has 1 atom stereocenters. The number of halogens is 2. The van der Waals surface area contributed by atoms with Crippen molar-refractivity contribution < 1.29 is 26.8 Å². The molecule has 0 spiro atoms. The number of amides is 2. The molecule has 3 rings (SSSR count). The molecular formula is C25H31F2N3O4S. The summed E-state index contributed by atoms with van der Waals surface area (Å²) in [6.07, 6.45) is 5.17. The molecule has 1 aliphatic carbocycles. The first-order valence-corrected chi connectivity index (χ1v) is 13.5. The standard InChI is InChI=1S/C25H31F2N3O4S/c1-18(25(32)28-20-10-6-7-11-20)29(15-14-19-8-4-3-5-9-19)24(31)17-30(35(2,33)34)21-12-13-22(26)23(27)16-21/h3-5,8-9,12-13,16,18,20H,6-7,10-11,14-15,17H2,1-2H3,(H,28,32)/t18-/m1/s1. The summed E-state index contributed by atoms with van der Waals surface area (Å²) in [6.45, 7) is 1.13. The molecule has 0 aromatic heterocycles. The van der Waals surface area contributed by atoms with E-state index < -0.39 is 40.2 Å². The van der Waals surface area contributed by atoms with Crippen LogP contribution in [0, 0.1) is 11.6 Å². The topological polar surface area (TPSA) is 86.8 Å². The largest absolute Gasteiger partial charge is 0.352 e. The van der Waals surface area contributed by atoms with Crippen molar-refractivity contribution in [2.45, 2.75) is 51.1 Å². The van der Waals surface area contributed by atoms with Gasteiger partial charge in [0.2, 0.25) is 21.8 Å². The van der Waals surface area contributed by atoms with Crippen LogP contribution in [-0.4, -0.2) is 56.6 Å². The Balaban J connectivity index is 1.83. The van der Waals surface area contributed by atoms with E-state index in [9.17, 15) is 26.8 Å². The van der Waals surface area contributed by atoms with Crippen LogP contribution < -0.4 is 9.62 Å². The van der Waals surface area contributed by atoms with E-state index in [1.807, 2.05) is 30.3 Å². The Morgan fingerprint density at radius 1 is 1.06 bits per heavy atom. The van der Waals surface area contributed by atoms with Crippen LogP contribution in [0.2, 0.25) is 0 Å². The normalized spacial score (nSPS) is 15.0. The Labute approximate surface area is 205 Å². The zero-order chi connectivity index (χ0) is 25.6. The molecule has 0 radical (unpaired) electrons. The van der Waals surface area contributed by atoms with Gasteiger partial charge in [0.1, 0.15) is 12.6 Å². The van der Waals surface area contributed by atoms with Gasteiger partial charge >= 0.3 is 0 Å². The third kappa shape index (κ3) is 7.24. The lowest BCUT2D eigenvalue weighted by Crippen LogP contribution is -2.53. The molecule has 1 fully saturated rings. The van der Waals surface area contributed by atoms with Crippen molar-refractivity contribution in [3.8, 4) is 0 Å². The van der Waals surface area contributed by atoms with Crippen LogP contribution in [-0.2, 0) is 26.0 Å². The van der Waals surface area contributed by atoms with Crippen LogP contribution >= 0.6 is 0 Å². The third-order valence-corrected chi connectivity index (χ3v) is 7.36. The smallest absolute Gasteiger partial charge is 0.244 e. The first kappa shape index (κ1) is 26.6. The first-order chi connectivity index (χ1) is 16.6. The van der Waals surface area contributed by atoms with Crippen LogP contribution in [0.3, 0.4) is 0 Å². The lowest BCUT2D eigenvalue weighted by atomic mass is 10.1. The fourth-order valence-electron chi connectivity index (χ4n) is 4.22. The number of benzene rings is 2. The third-order valence-electron chi connectivity index (χ3n) is 6.22. The van der Waals surface area contributed by atoms with E-state index in [1.165, 1.54) is 4.90 Å². The minimum absolute atomic E-state index is 0.0609. The number of carbonyl (C=O) groups excluding carboxylic acids is 2. The van der Waals surface area contributed by atoms with Crippen LogP contribution in [0.25, 0.3) is 0 Å². The average Bonchev–Trinajstić information content (AvgIpc) is 3.32. The maximum atomic E-state index is 13.8. The van der Waals surface area contributed by atoms with Crippen molar-refractivity contribution in [1.29, 1.82) is 0 Å². The van der Waals surface area contributed by atoms with E-state index in [4.69, 9.17) is 0 Å². The van der Waals surface area contributed by atoms with Crippen molar-refractivity contribution in [3.63, 3.8) is 0 Å². The van der Waals surface area contributed by atoms with Crippen LogP contribution in [0.1, 0.15) is 38.2 Å². The van der Waals surface area contributed by atoms with Gasteiger partial charge in [-0.25, -0.2) is 17.2 Å². The van der Waals surface area contributed by atoms with Crippen molar-refractivity contribution in [1.82, 2.24) is 10.2 Å². The zero-order valence-electron chi connectivity index (χ0n) is 19.9. The molecule has 7 nitrogen and oxygen atoms in total. The van der Waals surface area contributed by atoms with Gasteiger partial charge in [0.25, 0.3) is 0 Å². The quantitative estimate of drug-likeness (QED) is 0.535. The maximum absolute atomic E-state index is 13.8. The summed E-state index contributed by atoms with van der Waals surface area (Å²) in [4.78, 5) is 27.7. The number of rotatable bonds is 10. The van der Waals surface area contributed by atoms with Gasteiger partial charge in [-0.3, -0.25) is 13.9 Å². The van der Waals surface area contributed by atoms with Gasteiger partial charge in [0, 0.05) is 18.7 Å². The van der Waals surface area contributed by atoms with E-state index in [0.29, 0.717) is 6.42 Å². The maximum Gasteiger partial charge on any atom is 0.244 e. The first-order valence-electron chi connectivity index (χ1n) is 11.6. The Morgan fingerprint density at radius 2 is 1.71 bits per heavy atom. The predicted molar refractivity (Wildman–Crippen MR) is 130 cm³/mol. The van der Waals surface area contributed by atoms with Gasteiger partial charge in [-0.1, -0.05) is 43.2 Å². The van der Waals surface area contributed by atoms with Gasteiger partial charge in [-0.15, -0.1) is 0 Å². The number of hydrogen-bond donors (Lipinski definition) is 1. The van der Waals surface area contributed by atoms with Gasteiger partial charge in [0.05, 0.1) is 11.9 Å². The second kappa shape index (κ2) is 11.6. The SMILES string of the molecule is C[C@H](C(=O)NC1CCCC1)N(CCc1ccccc1)C(=O)CN(c1ccc(F)c(F)c1)S(C)(=O)=O. The van der Waals surface area contributed by atoms with Crippen molar-refractivity contribution >= 4 is 27.5 Å². The molecule has 0 aliphatic heterocycles. The summed E-state index contributed by atoms with van der Waals surface area (Å²) in [5, 5.41) is 2.99. The van der Waals surface area contributed by atoms with Crippen LogP contribution in [0.15, 0.2) is 48.5 Å². The molecule has 0 unspecified atom stereocenters. The highest BCUT2D eigenvalue weighted by Crippen LogP contribution is 2.22. The monoisotopic (exact) mass is 507 g/mol. The highest BCUT2D eigenvalue weighted by molar-refractivity contribution is 7.92. The fraction of sp³-hybridized carbons (Fsp3) is 0.440. The molecule has 0 heterocycles. The summed E-state index contributed by atoms with van der Waals surface area (Å²) < 4.78 is 52.9. The summed E-state index contributed by atoms with van der Waals surface area (Å²) in [6, 6.07) is 11.2. The summed E-state index contributed by atoms with van der Waals surface area (Å²) >= 11 is 0. The van der Waals surface area contributed by atoms with Gasteiger partial charge < -0.3 is 10.2 Å². The zero-order valence-corrected chi connectivity index (χ0v) is 20.7. The van der Waals surface area contributed by atoms with Crippen molar-refractivity contribution in [2.24, 2.45) is 0 Å². The number of carbonyl (C=O) groups is 2. The number of anilines is 1. The molecular weight excluding hydrogens is 476 g/mol. The molecule has 2 amide bonds. The van der Waals surface area contributed by atoms with E-state index >= 15 is 0 Å². The Bertz CT molecular complexity index is 1140. The molecule has 2 aromatic carbocycles. The van der Waals surface area contributed by atoms with Crippen LogP contribution in [0.4, 0.5) is 14.5 Å². The Hall–Kier alpha value is -3.01. The molecule has 1 N–H and O–H groups in total. The molecule has 35 heavy (non-hydrogen) atoms. The fourth-order valence-corrected chi connectivity index (χ4v) is 5.06. The lowest BCUT2D eigenvalue weighted by Gasteiger charge is -2.32. The highest BCUT2D eigenvalue weighted by Gasteiger charge is 2.31. The summed E-state index contributed by atoms with van der Waals surface area (Å²) in [7, 11) is -4.01. The Kier molecular flexibility index (Phi) is 8.82. The number of sulfonamides is 1. The highest BCUT2D eigenvalue weighted by atomic mass is 32.2. The predicted octanol–water partition coefficient (Wildman–Crippen LogP) is 3.25. The van der Waals surface area contributed by atoms with Crippen molar-refractivity contribution in [2.75, 3.05) is 23.7 Å². The molecule has 10 heteroatoms. The van der Waals surface area contributed by atoms with Crippen LogP contribution in [0.5, 0.6) is 0 Å². The molecule has 2 aromatic rings. The summed E-state index contributed by atoms with van der Waals surface area (Å²) in [5.41, 5.74) is 0.778. The summed E-state index contributed by atoms with van der Waals surface area (Å²) in [5.74, 6) is -3.29. The second-order valence-corrected chi connectivity index (χ2v) is 10.8. The van der Waals surface area contributed by atoms with E-state index in [2.05, 4.69) is 5.32 Å². The molecule has 1 saturated carbocycles.